The fourth-order valence-corrected chi connectivity index (χ4v) is 1.60. The summed E-state index contributed by atoms with van der Waals surface area (Å²) in [6.45, 7) is -3.71. The van der Waals surface area contributed by atoms with Gasteiger partial charge in [-0.15, -0.1) is 0 Å². The summed E-state index contributed by atoms with van der Waals surface area (Å²) in [7, 11) is 0. The van der Waals surface area contributed by atoms with Crippen molar-refractivity contribution in [2.24, 2.45) is 0 Å². The molecular weight excluding hydrogens is 207 g/mol. The van der Waals surface area contributed by atoms with Gasteiger partial charge in [0, 0.05) is 6.42 Å². The molecule has 0 aromatic rings. The molecule has 0 bridgehead atoms. The smallest absolute Gasteiger partial charge is 0.449 e. The minimum atomic E-state index is -4.87. The SMILES string of the molecule is CC1([B-](F)(F)F)CCCC(=O)C1.[K+]. The molecule has 6 heteroatoms. The molecular formula is C7H11BF3KO. The molecule has 0 spiro atoms. The Morgan fingerprint density at radius 3 is 2.23 bits per heavy atom. The second kappa shape index (κ2) is 4.79. The number of halogens is 3. The quantitative estimate of drug-likeness (QED) is 0.554. The van der Waals surface area contributed by atoms with Gasteiger partial charge < -0.3 is 12.9 Å². The van der Waals surface area contributed by atoms with E-state index in [1.807, 2.05) is 0 Å². The average Bonchev–Trinajstić information content (AvgIpc) is 1.83. The third-order valence-corrected chi connectivity index (χ3v) is 2.59. The van der Waals surface area contributed by atoms with E-state index in [2.05, 4.69) is 0 Å². The predicted octanol–water partition coefficient (Wildman–Crippen LogP) is -0.259. The molecule has 0 N–H and O–H groups in total. The molecule has 1 aliphatic rings. The minimum Gasteiger partial charge on any atom is -0.449 e. The van der Waals surface area contributed by atoms with Gasteiger partial charge >= 0.3 is 58.4 Å². The molecule has 1 atom stereocenters. The standard InChI is InChI=1S/C7H11BF3O.K/c1-7(8(9,10)11)4-2-3-6(12)5-7;/h2-5H2,1H3;/q-1;+1. The first-order valence-corrected chi connectivity index (χ1v) is 4.06. The molecule has 0 amide bonds. The van der Waals surface area contributed by atoms with Crippen molar-refractivity contribution < 1.29 is 69.1 Å². The Labute approximate surface area is 118 Å². The van der Waals surface area contributed by atoms with Gasteiger partial charge in [0.2, 0.25) is 0 Å². The van der Waals surface area contributed by atoms with Crippen molar-refractivity contribution in [3.63, 3.8) is 0 Å². The van der Waals surface area contributed by atoms with Crippen LogP contribution in [0.25, 0.3) is 0 Å². The van der Waals surface area contributed by atoms with Crippen molar-refractivity contribution in [2.45, 2.75) is 37.9 Å². The van der Waals surface area contributed by atoms with Gasteiger partial charge in [-0.2, -0.15) is 0 Å². The molecule has 13 heavy (non-hydrogen) atoms. The number of ketones is 1. The Morgan fingerprint density at radius 1 is 1.38 bits per heavy atom. The van der Waals surface area contributed by atoms with Crippen molar-refractivity contribution in [3.8, 4) is 0 Å². The third kappa shape index (κ3) is 3.34. The van der Waals surface area contributed by atoms with Crippen LogP contribution in [0, 0.1) is 0 Å². The summed E-state index contributed by atoms with van der Waals surface area (Å²) in [5.74, 6) is -0.247. The van der Waals surface area contributed by atoms with E-state index in [-0.39, 0.29) is 70.0 Å². The molecule has 0 aromatic carbocycles. The summed E-state index contributed by atoms with van der Waals surface area (Å²) in [5.41, 5.74) is 0. The Kier molecular flexibility index (Phi) is 5.22. The summed E-state index contributed by atoms with van der Waals surface area (Å²) in [6, 6.07) is 0. The van der Waals surface area contributed by atoms with Gasteiger partial charge in [0.05, 0.1) is 0 Å². The number of carbonyl (C=O) groups is 1. The van der Waals surface area contributed by atoms with Gasteiger partial charge in [-0.3, -0.25) is 4.79 Å². The van der Waals surface area contributed by atoms with Crippen LogP contribution in [-0.2, 0) is 4.79 Å². The molecule has 0 heterocycles. The van der Waals surface area contributed by atoms with E-state index in [9.17, 15) is 17.7 Å². The summed E-state index contributed by atoms with van der Waals surface area (Å²) in [4.78, 5) is 10.8. The monoisotopic (exact) mass is 218 g/mol. The molecule has 70 valence electrons. The first-order chi connectivity index (χ1) is 5.35. The maximum atomic E-state index is 12.4. The van der Waals surface area contributed by atoms with Crippen LogP contribution >= 0.6 is 0 Å². The zero-order valence-electron chi connectivity index (χ0n) is 7.95. The van der Waals surface area contributed by atoms with Crippen LogP contribution in [0.3, 0.4) is 0 Å². The molecule has 1 unspecified atom stereocenters. The number of hydrogen-bond donors (Lipinski definition) is 0. The van der Waals surface area contributed by atoms with Gasteiger partial charge in [-0.1, -0.05) is 18.7 Å². The zero-order valence-corrected chi connectivity index (χ0v) is 11.1. The number of rotatable bonds is 1. The Bertz CT molecular complexity index is 206. The minimum absolute atomic E-state index is 0. The molecule has 1 nitrogen and oxygen atoms in total. The van der Waals surface area contributed by atoms with Gasteiger partial charge in [0.15, 0.2) is 0 Å². The Hall–Kier alpha value is 1.16. The van der Waals surface area contributed by atoms with Crippen LogP contribution in [0.2, 0.25) is 5.31 Å². The van der Waals surface area contributed by atoms with Crippen LogP contribution in [-0.4, -0.2) is 12.8 Å². The first kappa shape index (κ1) is 14.2. The van der Waals surface area contributed by atoms with Crippen molar-refractivity contribution in [2.75, 3.05) is 0 Å². The molecule has 1 rings (SSSR count). The summed E-state index contributed by atoms with van der Waals surface area (Å²) in [6.07, 6.45) is 0.511. The number of hydrogen-bond acceptors (Lipinski definition) is 1. The van der Waals surface area contributed by atoms with Crippen LogP contribution in [0.5, 0.6) is 0 Å². The van der Waals surface area contributed by atoms with E-state index in [4.69, 9.17) is 0 Å². The largest absolute Gasteiger partial charge is 1.00 e. The van der Waals surface area contributed by atoms with Crippen molar-refractivity contribution in [3.05, 3.63) is 0 Å². The average molecular weight is 218 g/mol. The maximum absolute atomic E-state index is 12.4. The fourth-order valence-electron chi connectivity index (χ4n) is 1.60. The van der Waals surface area contributed by atoms with Gasteiger partial charge in [0.1, 0.15) is 5.78 Å². The molecule has 1 saturated carbocycles. The van der Waals surface area contributed by atoms with Crippen molar-refractivity contribution in [1.82, 2.24) is 0 Å². The van der Waals surface area contributed by atoms with Crippen LogP contribution in [0.4, 0.5) is 12.9 Å². The molecule has 1 fully saturated rings. The molecule has 1 aliphatic carbocycles. The summed E-state index contributed by atoms with van der Waals surface area (Å²) in [5, 5.41) is -1.70. The molecule has 0 saturated heterocycles. The van der Waals surface area contributed by atoms with Crippen LogP contribution in [0.1, 0.15) is 32.6 Å². The first-order valence-electron chi connectivity index (χ1n) is 4.06. The van der Waals surface area contributed by atoms with Gasteiger partial charge in [-0.25, -0.2) is 0 Å². The van der Waals surface area contributed by atoms with E-state index in [0.717, 1.165) is 6.92 Å². The number of carbonyl (C=O) groups excluding carboxylic acids is 1. The van der Waals surface area contributed by atoms with E-state index in [1.165, 1.54) is 0 Å². The van der Waals surface area contributed by atoms with Gasteiger partial charge in [-0.05, 0) is 12.8 Å². The van der Waals surface area contributed by atoms with Crippen molar-refractivity contribution in [1.29, 1.82) is 0 Å². The topological polar surface area (TPSA) is 17.1 Å². The van der Waals surface area contributed by atoms with Crippen LogP contribution in [0.15, 0.2) is 0 Å². The van der Waals surface area contributed by atoms with E-state index < -0.39 is 12.3 Å². The van der Waals surface area contributed by atoms with Gasteiger partial charge in [0.25, 0.3) is 0 Å². The number of Topliss-reactive ketones (excluding diaryl/α,β-unsaturated/α-hetero) is 1. The molecule has 0 aromatic heterocycles. The second-order valence-electron chi connectivity index (χ2n) is 3.80. The normalized spacial score (nSPS) is 29.7. The van der Waals surface area contributed by atoms with E-state index >= 15 is 0 Å². The molecule has 0 aliphatic heterocycles. The third-order valence-electron chi connectivity index (χ3n) is 2.59. The zero-order chi connectivity index (χ0) is 9.41. The fraction of sp³-hybridized carbons (Fsp3) is 0.857. The molecule has 0 radical (unpaired) electrons. The Balaban J connectivity index is 0.00000144. The van der Waals surface area contributed by atoms with E-state index in [0.29, 0.717) is 12.8 Å². The van der Waals surface area contributed by atoms with Crippen LogP contribution < -0.4 is 51.4 Å². The second-order valence-corrected chi connectivity index (χ2v) is 3.80. The van der Waals surface area contributed by atoms with Crippen molar-refractivity contribution >= 4 is 12.8 Å². The van der Waals surface area contributed by atoms with E-state index in [1.54, 1.807) is 0 Å². The summed E-state index contributed by atoms with van der Waals surface area (Å²) >= 11 is 0. The maximum Gasteiger partial charge on any atom is 1.00 e. The Morgan fingerprint density at radius 2 is 1.92 bits per heavy atom. The summed E-state index contributed by atoms with van der Waals surface area (Å²) < 4.78 is 37.2. The predicted molar refractivity (Wildman–Crippen MR) is 40.9 cm³/mol.